The summed E-state index contributed by atoms with van der Waals surface area (Å²) >= 11 is 0. The Bertz CT molecular complexity index is 635. The molecule has 0 unspecified atom stereocenters. The topological polar surface area (TPSA) is 125 Å². The van der Waals surface area contributed by atoms with Crippen LogP contribution >= 0.6 is 0 Å². The van der Waals surface area contributed by atoms with Gasteiger partial charge in [-0.15, -0.1) is 0 Å². The number of aryl methyl sites for hydroxylation is 1. The number of benzene rings is 1. The molecule has 98 valence electrons. The molecule has 2 aromatic rings. The summed E-state index contributed by atoms with van der Waals surface area (Å²) in [5, 5.41) is 25.1. The fraction of sp³-hybridized carbons (Fsp3) is 0.200. The van der Waals surface area contributed by atoms with Crippen LogP contribution in [0.4, 0.5) is 11.6 Å². The Labute approximate surface area is 107 Å². The number of hydrogen-bond acceptors (Lipinski definition) is 7. The van der Waals surface area contributed by atoms with Gasteiger partial charge in [0.05, 0.1) is 11.1 Å². The molecule has 0 radical (unpaired) electrons. The highest BCUT2D eigenvalue weighted by atomic mass is 16.6. The van der Waals surface area contributed by atoms with Crippen molar-refractivity contribution >= 4 is 17.9 Å². The van der Waals surface area contributed by atoms with Crippen molar-refractivity contribution in [1.82, 2.24) is 20.3 Å². The van der Waals surface area contributed by atoms with E-state index >= 15 is 0 Å². The van der Waals surface area contributed by atoms with E-state index in [9.17, 15) is 10.1 Å². The van der Waals surface area contributed by atoms with Gasteiger partial charge < -0.3 is 5.73 Å². The Morgan fingerprint density at radius 3 is 2.95 bits per heavy atom. The second-order valence-electron chi connectivity index (χ2n) is 3.67. The molecule has 0 bridgehead atoms. The van der Waals surface area contributed by atoms with Crippen molar-refractivity contribution in [3.05, 3.63) is 39.4 Å². The molecule has 19 heavy (non-hydrogen) atoms. The molecule has 0 amide bonds. The van der Waals surface area contributed by atoms with Gasteiger partial charge in [-0.25, -0.2) is 0 Å². The van der Waals surface area contributed by atoms with Crippen LogP contribution in [0.2, 0.25) is 0 Å². The third-order valence-electron chi connectivity index (χ3n) is 2.48. The summed E-state index contributed by atoms with van der Waals surface area (Å²) in [4.78, 5) is 11.5. The summed E-state index contributed by atoms with van der Waals surface area (Å²) in [5.41, 5.74) is 6.74. The molecule has 0 aliphatic carbocycles. The molecule has 0 spiro atoms. The number of nitrogens with two attached hydrogens (primary N) is 1. The van der Waals surface area contributed by atoms with Crippen LogP contribution in [0, 0.1) is 10.1 Å². The largest absolute Gasteiger partial charge is 0.365 e. The maximum Gasteiger partial charge on any atom is 0.273 e. The fourth-order valence-corrected chi connectivity index (χ4v) is 1.52. The van der Waals surface area contributed by atoms with Gasteiger partial charge in [0, 0.05) is 17.2 Å². The Kier molecular flexibility index (Phi) is 3.46. The zero-order valence-electron chi connectivity index (χ0n) is 10.1. The molecule has 1 aromatic heterocycles. The van der Waals surface area contributed by atoms with E-state index in [4.69, 9.17) is 5.73 Å². The highest BCUT2D eigenvalue weighted by Crippen LogP contribution is 2.20. The molecule has 9 heteroatoms. The summed E-state index contributed by atoms with van der Waals surface area (Å²) in [5.74, 6) is 0.0379. The molecule has 2 rings (SSSR count). The van der Waals surface area contributed by atoms with Crippen molar-refractivity contribution in [2.24, 2.45) is 5.10 Å². The van der Waals surface area contributed by atoms with Crippen molar-refractivity contribution in [3.8, 4) is 0 Å². The van der Waals surface area contributed by atoms with E-state index in [0.29, 0.717) is 17.5 Å². The number of nitrogen functional groups attached to an aromatic ring is 1. The maximum absolute atomic E-state index is 10.9. The van der Waals surface area contributed by atoms with Crippen LogP contribution in [0.25, 0.3) is 0 Å². The van der Waals surface area contributed by atoms with Gasteiger partial charge in [-0.1, -0.05) is 28.9 Å². The quantitative estimate of drug-likeness (QED) is 0.488. The maximum atomic E-state index is 10.9. The molecule has 0 saturated heterocycles. The minimum absolute atomic E-state index is 0.0379. The second kappa shape index (κ2) is 5.21. The second-order valence-corrected chi connectivity index (χ2v) is 3.67. The van der Waals surface area contributed by atoms with Crippen molar-refractivity contribution < 1.29 is 4.92 Å². The lowest BCUT2D eigenvalue weighted by Gasteiger charge is -2.00. The third-order valence-corrected chi connectivity index (χ3v) is 2.48. The molecule has 0 fully saturated rings. The van der Waals surface area contributed by atoms with Gasteiger partial charge in [0.1, 0.15) is 0 Å². The molecule has 1 heterocycles. The Morgan fingerprint density at radius 1 is 1.58 bits per heavy atom. The first-order chi connectivity index (χ1) is 9.11. The Hall–Kier alpha value is -2.84. The van der Waals surface area contributed by atoms with E-state index in [0.717, 1.165) is 4.79 Å². The van der Waals surface area contributed by atoms with E-state index < -0.39 is 4.92 Å². The molecular weight excluding hydrogens is 250 g/mol. The van der Waals surface area contributed by atoms with Crippen molar-refractivity contribution in [1.29, 1.82) is 0 Å². The van der Waals surface area contributed by atoms with E-state index in [1.807, 2.05) is 6.92 Å². The Morgan fingerprint density at radius 2 is 2.37 bits per heavy atom. The van der Waals surface area contributed by atoms with Gasteiger partial charge in [-0.3, -0.25) is 10.1 Å². The van der Waals surface area contributed by atoms with E-state index in [1.54, 1.807) is 12.1 Å². The van der Waals surface area contributed by atoms with Crippen LogP contribution in [0.5, 0.6) is 0 Å². The first kappa shape index (κ1) is 12.6. The normalized spacial score (nSPS) is 11.0. The summed E-state index contributed by atoms with van der Waals surface area (Å²) in [7, 11) is 0. The fourth-order valence-electron chi connectivity index (χ4n) is 1.52. The zero-order chi connectivity index (χ0) is 13.8. The van der Waals surface area contributed by atoms with Gasteiger partial charge >= 0.3 is 0 Å². The third kappa shape index (κ3) is 2.70. The van der Waals surface area contributed by atoms with Crippen molar-refractivity contribution in [3.63, 3.8) is 0 Å². The molecule has 0 aliphatic heterocycles. The average molecular weight is 261 g/mol. The van der Waals surface area contributed by atoms with Gasteiger partial charge in [0.25, 0.3) is 11.6 Å². The molecule has 2 N–H and O–H groups in total. The van der Waals surface area contributed by atoms with Gasteiger partial charge in [-0.2, -0.15) is 5.10 Å². The van der Waals surface area contributed by atoms with Crippen LogP contribution < -0.4 is 5.73 Å². The minimum atomic E-state index is -0.415. The number of nitro groups is 1. The van der Waals surface area contributed by atoms with Gasteiger partial charge in [-0.05, 0) is 16.8 Å². The first-order valence-corrected chi connectivity index (χ1v) is 5.47. The predicted molar refractivity (Wildman–Crippen MR) is 67.7 cm³/mol. The molecule has 0 atom stereocenters. The number of aromatic nitrogens is 4. The molecule has 0 aliphatic rings. The van der Waals surface area contributed by atoms with E-state index in [-0.39, 0.29) is 11.6 Å². The lowest BCUT2D eigenvalue weighted by molar-refractivity contribution is -0.385. The molecule has 1 aromatic carbocycles. The number of hydrogen-bond donors (Lipinski definition) is 1. The van der Waals surface area contributed by atoms with Gasteiger partial charge in [0.15, 0.2) is 0 Å². The number of nitrogens with zero attached hydrogens (tertiary/aromatic N) is 6. The summed E-state index contributed by atoms with van der Waals surface area (Å²) < 4.78 is 0. The standard InChI is InChI=1S/C10H11N7O2/c1-2-8-4-3-7(5-9(8)17(18)19)6-12-16-10(11)13-14-15-16/h3-6H,2H2,1H3,(H2,11,13,15). The lowest BCUT2D eigenvalue weighted by Crippen LogP contribution is -2.00. The Balaban J connectivity index is 2.31. The number of nitro benzene ring substituents is 1. The van der Waals surface area contributed by atoms with Crippen LogP contribution in [-0.4, -0.2) is 31.5 Å². The molecule has 9 nitrogen and oxygen atoms in total. The van der Waals surface area contributed by atoms with Crippen molar-refractivity contribution in [2.75, 3.05) is 5.73 Å². The monoisotopic (exact) mass is 261 g/mol. The van der Waals surface area contributed by atoms with Crippen LogP contribution in [0.1, 0.15) is 18.1 Å². The van der Waals surface area contributed by atoms with Crippen LogP contribution in [0.15, 0.2) is 23.3 Å². The first-order valence-electron chi connectivity index (χ1n) is 5.47. The van der Waals surface area contributed by atoms with E-state index in [2.05, 4.69) is 20.6 Å². The van der Waals surface area contributed by atoms with Crippen LogP contribution in [0.3, 0.4) is 0 Å². The SMILES string of the molecule is CCc1ccc(C=Nn2nnnc2N)cc1[N+](=O)[O-]. The smallest absolute Gasteiger partial charge is 0.273 e. The summed E-state index contributed by atoms with van der Waals surface area (Å²) in [6.45, 7) is 1.86. The summed E-state index contributed by atoms with van der Waals surface area (Å²) in [6, 6.07) is 4.88. The van der Waals surface area contributed by atoms with Crippen molar-refractivity contribution in [2.45, 2.75) is 13.3 Å². The molecule has 0 saturated carbocycles. The highest BCUT2D eigenvalue weighted by molar-refractivity contribution is 5.81. The summed E-state index contributed by atoms with van der Waals surface area (Å²) in [6.07, 6.45) is 1.99. The van der Waals surface area contributed by atoms with Gasteiger partial charge in [0.2, 0.25) is 0 Å². The lowest BCUT2D eigenvalue weighted by atomic mass is 10.1. The van der Waals surface area contributed by atoms with E-state index in [1.165, 1.54) is 12.3 Å². The highest BCUT2D eigenvalue weighted by Gasteiger charge is 2.12. The average Bonchev–Trinajstić information content (AvgIpc) is 2.81. The number of rotatable bonds is 4. The predicted octanol–water partition coefficient (Wildman–Crippen LogP) is 0.608. The number of tetrazole rings is 1. The minimum Gasteiger partial charge on any atom is -0.365 e. The zero-order valence-corrected chi connectivity index (χ0v) is 10.1. The molecular formula is C10H11N7O2. The van der Waals surface area contributed by atoms with Crippen LogP contribution in [-0.2, 0) is 6.42 Å². The number of anilines is 1.